The van der Waals surface area contributed by atoms with E-state index >= 15 is 0 Å². The van der Waals surface area contributed by atoms with Crippen molar-refractivity contribution in [3.8, 4) is 39.5 Å². The molecule has 0 atom stereocenters. The third-order valence-corrected chi connectivity index (χ3v) is 5.29. The molecule has 1 N–H and O–H groups in total. The second-order valence-corrected chi connectivity index (χ2v) is 7.18. The minimum Gasteiger partial charge on any atom is -0.497 e. The van der Waals surface area contributed by atoms with E-state index in [4.69, 9.17) is 14.2 Å². The van der Waals surface area contributed by atoms with Crippen LogP contribution in [0.1, 0.15) is 11.3 Å². The highest BCUT2D eigenvalue weighted by Crippen LogP contribution is 2.33. The van der Waals surface area contributed by atoms with Crippen molar-refractivity contribution in [2.45, 2.75) is 13.8 Å². The lowest BCUT2D eigenvalue weighted by Gasteiger charge is -2.03. The Hall–Kier alpha value is -4.20. The molecule has 0 fully saturated rings. The zero-order valence-corrected chi connectivity index (χ0v) is 17.2. The van der Waals surface area contributed by atoms with Crippen molar-refractivity contribution in [3.05, 3.63) is 76.5 Å². The molecule has 4 aromatic heterocycles. The van der Waals surface area contributed by atoms with Gasteiger partial charge in [-0.05, 0) is 50.2 Å². The van der Waals surface area contributed by atoms with E-state index in [1.165, 1.54) is 10.6 Å². The molecule has 0 radical (unpaired) electrons. The Bertz CT molecular complexity index is 1450. The van der Waals surface area contributed by atoms with Crippen LogP contribution in [0, 0.1) is 13.8 Å². The Morgan fingerprint density at radius 1 is 1.10 bits per heavy atom. The minimum absolute atomic E-state index is 0.222. The van der Waals surface area contributed by atoms with Crippen LogP contribution in [-0.2, 0) is 0 Å². The predicted octanol–water partition coefficient (Wildman–Crippen LogP) is 4.03. The van der Waals surface area contributed by atoms with Crippen molar-refractivity contribution in [2.75, 3.05) is 7.11 Å². The van der Waals surface area contributed by atoms with Gasteiger partial charge in [0.05, 0.1) is 24.1 Å². The van der Waals surface area contributed by atoms with Crippen molar-refractivity contribution in [2.24, 2.45) is 0 Å². The van der Waals surface area contributed by atoms with Crippen LogP contribution in [0.3, 0.4) is 0 Å². The third kappa shape index (κ3) is 3.09. The van der Waals surface area contributed by atoms with Gasteiger partial charge < -0.3 is 9.26 Å². The van der Waals surface area contributed by atoms with Crippen LogP contribution in [0.15, 0.2) is 64.2 Å². The third-order valence-electron chi connectivity index (χ3n) is 5.29. The summed E-state index contributed by atoms with van der Waals surface area (Å²) < 4.78 is 12.1. The first-order valence-corrected chi connectivity index (χ1v) is 9.70. The molecule has 8 nitrogen and oxygen atoms in total. The highest BCUT2D eigenvalue weighted by atomic mass is 16.5. The molecule has 0 aliphatic heterocycles. The van der Waals surface area contributed by atoms with Gasteiger partial charge in [-0.15, -0.1) is 0 Å². The normalized spacial score (nSPS) is 11.2. The zero-order chi connectivity index (χ0) is 21.5. The fourth-order valence-corrected chi connectivity index (χ4v) is 3.69. The van der Waals surface area contributed by atoms with E-state index in [0.717, 1.165) is 28.1 Å². The first-order valence-electron chi connectivity index (χ1n) is 9.70. The monoisotopic (exact) mass is 413 g/mol. The lowest BCUT2D eigenvalue weighted by Crippen LogP contribution is -2.14. The van der Waals surface area contributed by atoms with Crippen LogP contribution in [0.4, 0.5) is 0 Å². The maximum absolute atomic E-state index is 13.0. The number of H-pyrrole nitrogens is 1. The topological polar surface area (TPSA) is 98.3 Å². The molecule has 5 rings (SSSR count). The number of benzene rings is 1. The maximum atomic E-state index is 13.0. The Kier molecular flexibility index (Phi) is 4.39. The molecule has 8 heteroatoms. The van der Waals surface area contributed by atoms with Crippen LogP contribution >= 0.6 is 0 Å². The molecule has 0 bridgehead atoms. The van der Waals surface area contributed by atoms with Gasteiger partial charge >= 0.3 is 0 Å². The molecule has 1 aromatic carbocycles. The Labute approximate surface area is 177 Å². The van der Waals surface area contributed by atoms with Crippen molar-refractivity contribution < 1.29 is 9.26 Å². The van der Waals surface area contributed by atoms with Gasteiger partial charge in [0.2, 0.25) is 0 Å². The van der Waals surface area contributed by atoms with Gasteiger partial charge in [-0.1, -0.05) is 5.16 Å². The summed E-state index contributed by atoms with van der Waals surface area (Å²) in [5.74, 6) is 1.35. The fraction of sp³-hybridized carbons (Fsp3) is 0.130. The molecule has 0 aliphatic rings. The summed E-state index contributed by atoms with van der Waals surface area (Å²) in [6, 6.07) is 12.8. The van der Waals surface area contributed by atoms with Crippen LogP contribution in [0.5, 0.6) is 5.75 Å². The summed E-state index contributed by atoms with van der Waals surface area (Å²) >= 11 is 0. The summed E-state index contributed by atoms with van der Waals surface area (Å²) in [5, 5.41) is 7.35. The number of hydrogen-bond donors (Lipinski definition) is 1. The first kappa shape index (κ1) is 18.8. The molecular weight excluding hydrogens is 394 g/mol. The van der Waals surface area contributed by atoms with Gasteiger partial charge in [-0.25, -0.2) is 9.50 Å². The highest BCUT2D eigenvalue weighted by Gasteiger charge is 2.21. The fourth-order valence-electron chi connectivity index (χ4n) is 3.69. The largest absolute Gasteiger partial charge is 0.497 e. The molecule has 0 saturated heterocycles. The molecule has 0 unspecified atom stereocenters. The van der Waals surface area contributed by atoms with Gasteiger partial charge in [0.1, 0.15) is 17.2 Å². The second kappa shape index (κ2) is 7.24. The van der Waals surface area contributed by atoms with E-state index < -0.39 is 0 Å². The van der Waals surface area contributed by atoms with Crippen LogP contribution in [-0.4, -0.2) is 31.8 Å². The Morgan fingerprint density at radius 3 is 2.61 bits per heavy atom. The Balaban J connectivity index is 1.69. The summed E-state index contributed by atoms with van der Waals surface area (Å²) in [4.78, 5) is 21.9. The van der Waals surface area contributed by atoms with Crippen molar-refractivity contribution in [1.82, 2.24) is 24.7 Å². The average molecular weight is 413 g/mol. The summed E-state index contributed by atoms with van der Waals surface area (Å²) in [7, 11) is 1.63. The average Bonchev–Trinajstić information content (AvgIpc) is 3.35. The smallest absolute Gasteiger partial charge is 0.273 e. The SMILES string of the molecule is COc1ccc(-c2[nH]n3c(=O)cc(-c4c(-c5cccnc5)noc4C)nc3c2C)cc1. The molecule has 0 amide bonds. The predicted molar refractivity (Wildman–Crippen MR) is 116 cm³/mol. The molecule has 154 valence electrons. The molecule has 0 spiro atoms. The standard InChI is InChI=1S/C23H19N5O3/c1-13-21(15-6-8-17(30-3)9-7-15)26-28-19(29)11-18(25-23(13)28)20-14(2)31-27-22(20)16-5-4-10-24-12-16/h4-12,26H,1-3H3. The second-order valence-electron chi connectivity index (χ2n) is 7.18. The number of pyridine rings is 1. The Morgan fingerprint density at radius 2 is 1.90 bits per heavy atom. The number of nitrogens with one attached hydrogen (secondary N) is 1. The minimum atomic E-state index is -0.222. The molecule has 31 heavy (non-hydrogen) atoms. The van der Waals surface area contributed by atoms with Gasteiger partial charge in [-0.3, -0.25) is 14.9 Å². The number of aromatic amines is 1. The molecule has 5 aromatic rings. The number of ether oxygens (including phenoxy) is 1. The number of fused-ring (bicyclic) bond motifs is 1. The van der Waals surface area contributed by atoms with E-state index in [1.54, 1.807) is 26.4 Å². The van der Waals surface area contributed by atoms with Gasteiger partial charge in [0.15, 0.2) is 5.65 Å². The van der Waals surface area contributed by atoms with E-state index in [-0.39, 0.29) is 5.56 Å². The van der Waals surface area contributed by atoms with Gasteiger partial charge in [0.25, 0.3) is 5.56 Å². The first-order chi connectivity index (χ1) is 15.1. The lowest BCUT2D eigenvalue weighted by molar-refractivity contribution is 0.400. The molecule has 0 saturated carbocycles. The quantitative estimate of drug-likeness (QED) is 0.478. The molecular formula is C23H19N5O3. The van der Waals surface area contributed by atoms with E-state index in [2.05, 4.69) is 15.2 Å². The molecule has 4 heterocycles. The van der Waals surface area contributed by atoms with Crippen molar-refractivity contribution in [3.63, 3.8) is 0 Å². The summed E-state index contributed by atoms with van der Waals surface area (Å²) in [5.41, 5.74) is 5.52. The summed E-state index contributed by atoms with van der Waals surface area (Å²) in [6.45, 7) is 3.74. The van der Waals surface area contributed by atoms with Crippen LogP contribution < -0.4 is 10.3 Å². The van der Waals surface area contributed by atoms with Crippen molar-refractivity contribution >= 4 is 5.65 Å². The number of hydrogen-bond acceptors (Lipinski definition) is 6. The van der Waals surface area contributed by atoms with Gasteiger partial charge in [-0.2, -0.15) is 0 Å². The number of aromatic nitrogens is 5. The maximum Gasteiger partial charge on any atom is 0.273 e. The number of aryl methyl sites for hydroxylation is 2. The lowest BCUT2D eigenvalue weighted by atomic mass is 10.0. The van der Waals surface area contributed by atoms with Crippen LogP contribution in [0.2, 0.25) is 0 Å². The van der Waals surface area contributed by atoms with Crippen molar-refractivity contribution in [1.29, 1.82) is 0 Å². The summed E-state index contributed by atoms with van der Waals surface area (Å²) in [6.07, 6.45) is 3.40. The van der Waals surface area contributed by atoms with E-state index in [0.29, 0.717) is 28.4 Å². The van der Waals surface area contributed by atoms with E-state index in [9.17, 15) is 4.79 Å². The molecule has 0 aliphatic carbocycles. The highest BCUT2D eigenvalue weighted by molar-refractivity contribution is 5.81. The van der Waals surface area contributed by atoms with E-state index in [1.807, 2.05) is 43.3 Å². The van der Waals surface area contributed by atoms with Crippen LogP contribution in [0.25, 0.3) is 39.4 Å². The van der Waals surface area contributed by atoms with Gasteiger partial charge in [0, 0.05) is 35.2 Å². The number of methoxy groups -OCH3 is 1. The number of nitrogens with zero attached hydrogens (tertiary/aromatic N) is 4. The zero-order valence-electron chi connectivity index (χ0n) is 17.2. The number of rotatable bonds is 4.